The van der Waals surface area contributed by atoms with Crippen molar-refractivity contribution in [3.8, 4) is 11.8 Å². The summed E-state index contributed by atoms with van der Waals surface area (Å²) in [6.07, 6.45) is 2.99. The first-order valence-electron chi connectivity index (χ1n) is 3.10. The predicted molar refractivity (Wildman–Crippen MR) is 37.1 cm³/mol. The third kappa shape index (κ3) is 1.63. The fourth-order valence-electron chi connectivity index (χ4n) is 0.755. The second-order valence-corrected chi connectivity index (χ2v) is 1.99. The van der Waals surface area contributed by atoms with Crippen molar-refractivity contribution < 1.29 is 9.53 Å². The number of hydrogen-bond donors (Lipinski definition) is 0. The van der Waals surface area contributed by atoms with Gasteiger partial charge >= 0.3 is 0 Å². The average Bonchev–Trinajstić information content (AvgIpc) is 1.88. The Balaban J connectivity index is 2.57. The molecular formula is C8H8O2. The highest BCUT2D eigenvalue weighted by molar-refractivity contribution is 5.90. The van der Waals surface area contributed by atoms with Crippen molar-refractivity contribution in [2.45, 2.75) is 19.4 Å². The normalized spacial score (nSPS) is 22.9. The third-order valence-electron chi connectivity index (χ3n) is 1.19. The zero-order valence-corrected chi connectivity index (χ0v) is 5.76. The molecular weight excluding hydrogens is 128 g/mol. The fourth-order valence-corrected chi connectivity index (χ4v) is 0.755. The molecule has 0 bridgehead atoms. The van der Waals surface area contributed by atoms with Crippen LogP contribution in [0.25, 0.3) is 0 Å². The molecule has 0 radical (unpaired) electrons. The monoisotopic (exact) mass is 136 g/mol. The van der Waals surface area contributed by atoms with Crippen molar-refractivity contribution in [2.24, 2.45) is 0 Å². The Morgan fingerprint density at radius 3 is 3.20 bits per heavy atom. The lowest BCUT2D eigenvalue weighted by Gasteiger charge is -2.11. The average molecular weight is 136 g/mol. The van der Waals surface area contributed by atoms with Crippen molar-refractivity contribution in [2.75, 3.05) is 0 Å². The van der Waals surface area contributed by atoms with E-state index in [0.717, 1.165) is 0 Å². The topological polar surface area (TPSA) is 26.3 Å². The minimum Gasteiger partial charge on any atom is -0.485 e. The van der Waals surface area contributed by atoms with E-state index in [1.54, 1.807) is 6.92 Å². The van der Waals surface area contributed by atoms with E-state index in [4.69, 9.17) is 4.74 Å². The Hall–Kier alpha value is -1.23. The molecule has 0 aromatic rings. The van der Waals surface area contributed by atoms with Crippen LogP contribution in [-0.2, 0) is 9.53 Å². The lowest BCUT2D eigenvalue weighted by atomic mass is 10.1. The minimum atomic E-state index is -0.220. The van der Waals surface area contributed by atoms with Crippen molar-refractivity contribution in [1.82, 2.24) is 0 Å². The molecule has 0 spiro atoms. The van der Waals surface area contributed by atoms with E-state index in [-0.39, 0.29) is 11.9 Å². The molecule has 0 aromatic heterocycles. The maximum Gasteiger partial charge on any atom is 0.165 e. The first-order valence-corrected chi connectivity index (χ1v) is 3.10. The summed E-state index contributed by atoms with van der Waals surface area (Å²) in [6, 6.07) is 0. The molecule has 0 aromatic carbocycles. The first kappa shape index (κ1) is 6.88. The van der Waals surface area contributed by atoms with Gasteiger partial charge in [-0.1, -0.05) is 5.92 Å². The van der Waals surface area contributed by atoms with Crippen LogP contribution in [0.4, 0.5) is 0 Å². The quantitative estimate of drug-likeness (QED) is 0.462. The van der Waals surface area contributed by atoms with Gasteiger partial charge in [-0.15, -0.1) is 5.92 Å². The standard InChI is InChI=1S/C8H8O2/c1-2-3-8-6-7(9)4-5-10-8/h4-5,8H,6H2,1H3/t8-/m0/s1. The van der Waals surface area contributed by atoms with E-state index >= 15 is 0 Å². The summed E-state index contributed by atoms with van der Waals surface area (Å²) in [5, 5.41) is 0. The van der Waals surface area contributed by atoms with Gasteiger partial charge in [-0.25, -0.2) is 0 Å². The molecule has 1 aliphatic rings. The van der Waals surface area contributed by atoms with E-state index in [0.29, 0.717) is 6.42 Å². The van der Waals surface area contributed by atoms with Crippen LogP contribution >= 0.6 is 0 Å². The van der Waals surface area contributed by atoms with Crippen LogP contribution in [-0.4, -0.2) is 11.9 Å². The van der Waals surface area contributed by atoms with Crippen LogP contribution in [0.3, 0.4) is 0 Å². The van der Waals surface area contributed by atoms with Crippen LogP contribution in [0.5, 0.6) is 0 Å². The molecule has 1 rings (SSSR count). The summed E-state index contributed by atoms with van der Waals surface area (Å²) in [4.78, 5) is 10.7. The summed E-state index contributed by atoms with van der Waals surface area (Å²) in [5.74, 6) is 5.55. The molecule has 2 nitrogen and oxygen atoms in total. The molecule has 1 aliphatic heterocycles. The Bertz CT molecular complexity index is 217. The van der Waals surface area contributed by atoms with Crippen molar-refractivity contribution in [1.29, 1.82) is 0 Å². The van der Waals surface area contributed by atoms with Gasteiger partial charge in [0, 0.05) is 6.08 Å². The van der Waals surface area contributed by atoms with Crippen LogP contribution in [0.15, 0.2) is 12.3 Å². The Kier molecular flexibility index (Phi) is 2.11. The lowest BCUT2D eigenvalue weighted by Crippen LogP contribution is -2.16. The summed E-state index contributed by atoms with van der Waals surface area (Å²) in [6.45, 7) is 1.73. The Morgan fingerprint density at radius 1 is 1.80 bits per heavy atom. The Morgan fingerprint density at radius 2 is 2.60 bits per heavy atom. The van der Waals surface area contributed by atoms with Crippen molar-refractivity contribution in [3.63, 3.8) is 0 Å². The maximum atomic E-state index is 10.7. The molecule has 0 aliphatic carbocycles. The molecule has 10 heavy (non-hydrogen) atoms. The largest absolute Gasteiger partial charge is 0.485 e. The molecule has 1 atom stereocenters. The van der Waals surface area contributed by atoms with Gasteiger partial charge in [-0.2, -0.15) is 0 Å². The van der Waals surface area contributed by atoms with Crippen LogP contribution < -0.4 is 0 Å². The number of hydrogen-bond acceptors (Lipinski definition) is 2. The zero-order chi connectivity index (χ0) is 7.40. The number of allylic oxidation sites excluding steroid dienone is 1. The molecule has 2 heteroatoms. The summed E-state index contributed by atoms with van der Waals surface area (Å²) in [7, 11) is 0. The summed E-state index contributed by atoms with van der Waals surface area (Å²) < 4.78 is 5.01. The second kappa shape index (κ2) is 3.07. The SMILES string of the molecule is CC#C[C@H]1CC(=O)C=CO1. The molecule has 0 unspecified atom stereocenters. The highest BCUT2D eigenvalue weighted by Gasteiger charge is 2.12. The van der Waals surface area contributed by atoms with Crippen LogP contribution in [0, 0.1) is 11.8 Å². The maximum absolute atomic E-state index is 10.7. The zero-order valence-electron chi connectivity index (χ0n) is 5.76. The highest BCUT2D eigenvalue weighted by Crippen LogP contribution is 2.05. The second-order valence-electron chi connectivity index (χ2n) is 1.99. The molecule has 1 heterocycles. The van der Waals surface area contributed by atoms with Gasteiger partial charge in [0.25, 0.3) is 0 Å². The van der Waals surface area contributed by atoms with Crippen molar-refractivity contribution in [3.05, 3.63) is 12.3 Å². The highest BCUT2D eigenvalue weighted by atomic mass is 16.5. The Labute approximate surface area is 59.9 Å². The van der Waals surface area contributed by atoms with Gasteiger partial charge in [0.1, 0.15) is 0 Å². The van der Waals surface area contributed by atoms with E-state index in [1.807, 2.05) is 0 Å². The van der Waals surface area contributed by atoms with Crippen LogP contribution in [0.1, 0.15) is 13.3 Å². The predicted octanol–water partition coefficient (Wildman–Crippen LogP) is 0.881. The smallest absolute Gasteiger partial charge is 0.165 e. The van der Waals surface area contributed by atoms with Gasteiger partial charge < -0.3 is 4.74 Å². The number of rotatable bonds is 0. The first-order chi connectivity index (χ1) is 4.83. The van der Waals surface area contributed by atoms with E-state index in [2.05, 4.69) is 11.8 Å². The third-order valence-corrected chi connectivity index (χ3v) is 1.19. The molecule has 0 fully saturated rings. The molecule has 0 saturated carbocycles. The lowest BCUT2D eigenvalue weighted by molar-refractivity contribution is -0.117. The molecule has 0 saturated heterocycles. The van der Waals surface area contributed by atoms with E-state index < -0.39 is 0 Å². The van der Waals surface area contributed by atoms with Crippen molar-refractivity contribution >= 4 is 5.78 Å². The van der Waals surface area contributed by atoms with Gasteiger partial charge in [0.05, 0.1) is 12.7 Å². The van der Waals surface area contributed by atoms with Crippen LogP contribution in [0.2, 0.25) is 0 Å². The molecule has 0 amide bonds. The van der Waals surface area contributed by atoms with E-state index in [9.17, 15) is 4.79 Å². The number of carbonyl (C=O) groups excluding carboxylic acids is 1. The number of ketones is 1. The van der Waals surface area contributed by atoms with Gasteiger partial charge in [-0.05, 0) is 6.92 Å². The molecule has 52 valence electrons. The summed E-state index contributed by atoms with van der Waals surface area (Å²) >= 11 is 0. The van der Waals surface area contributed by atoms with E-state index in [1.165, 1.54) is 12.3 Å². The summed E-state index contributed by atoms with van der Waals surface area (Å²) in [5.41, 5.74) is 0. The van der Waals surface area contributed by atoms with Gasteiger partial charge in [0.2, 0.25) is 0 Å². The van der Waals surface area contributed by atoms with Gasteiger partial charge in [0.15, 0.2) is 11.9 Å². The minimum absolute atomic E-state index is 0.0824. The fraction of sp³-hybridized carbons (Fsp3) is 0.375. The molecule has 0 N–H and O–H groups in total. The van der Waals surface area contributed by atoms with Gasteiger partial charge in [-0.3, -0.25) is 4.79 Å². The number of carbonyl (C=O) groups is 1. The number of ether oxygens (including phenoxy) is 1.